The number of thioether (sulfide) groups is 1. The molecule has 1 aliphatic rings. The number of carbonyl (C=O) groups is 3. The van der Waals surface area contributed by atoms with Gasteiger partial charge in [-0.3, -0.25) is 14.4 Å². The van der Waals surface area contributed by atoms with Crippen molar-refractivity contribution in [1.29, 1.82) is 0 Å². The normalized spacial score (nSPS) is 13.5. The summed E-state index contributed by atoms with van der Waals surface area (Å²) in [4.78, 5) is 37.1. The van der Waals surface area contributed by atoms with Crippen LogP contribution in [0.25, 0.3) is 0 Å². The highest BCUT2D eigenvalue weighted by atomic mass is 32.2. The molecule has 1 aliphatic heterocycles. The van der Waals surface area contributed by atoms with Crippen LogP contribution < -0.4 is 10.1 Å². The fraction of sp³-hybridized carbons (Fsp3) is 0.211. The van der Waals surface area contributed by atoms with Crippen molar-refractivity contribution >= 4 is 34.6 Å². The van der Waals surface area contributed by atoms with Crippen molar-refractivity contribution in [2.45, 2.75) is 6.42 Å². The molecule has 0 atom stereocenters. The molecule has 1 N–H and O–H groups in total. The monoisotopic (exact) mass is 370 g/mol. The number of nitrogens with one attached hydrogen (secondary N) is 1. The Bertz CT molecular complexity index is 793. The third kappa shape index (κ3) is 4.86. The average Bonchev–Trinajstić information content (AvgIpc) is 3.07. The number of carbonyl (C=O) groups excluding carboxylic acids is 3. The fourth-order valence-electron chi connectivity index (χ4n) is 2.44. The van der Waals surface area contributed by atoms with Crippen molar-refractivity contribution in [3.05, 3.63) is 60.2 Å². The van der Waals surface area contributed by atoms with Gasteiger partial charge < -0.3 is 15.0 Å². The van der Waals surface area contributed by atoms with Crippen LogP contribution in [0.1, 0.15) is 16.8 Å². The zero-order valence-electron chi connectivity index (χ0n) is 14.0. The first-order valence-electron chi connectivity index (χ1n) is 8.21. The van der Waals surface area contributed by atoms with Gasteiger partial charge in [-0.25, -0.2) is 0 Å². The molecule has 0 spiro atoms. The number of hydrogen-bond donors (Lipinski definition) is 1. The summed E-state index contributed by atoms with van der Waals surface area (Å²) in [6.45, 7) is 1.04. The topological polar surface area (TPSA) is 75.7 Å². The molecule has 134 valence electrons. The quantitative estimate of drug-likeness (QED) is 0.623. The van der Waals surface area contributed by atoms with Crippen molar-refractivity contribution in [1.82, 2.24) is 4.90 Å². The van der Waals surface area contributed by atoms with E-state index in [9.17, 15) is 14.4 Å². The van der Waals surface area contributed by atoms with E-state index in [0.717, 1.165) is 5.75 Å². The molecule has 3 rings (SSSR count). The van der Waals surface area contributed by atoms with E-state index in [1.807, 2.05) is 6.07 Å². The Morgan fingerprint density at radius 3 is 2.46 bits per heavy atom. The third-order valence-electron chi connectivity index (χ3n) is 3.81. The van der Waals surface area contributed by atoms with Crippen molar-refractivity contribution in [2.24, 2.45) is 0 Å². The summed E-state index contributed by atoms with van der Waals surface area (Å²) in [6, 6.07) is 15.5. The number of ether oxygens (including phenoxy) is 1. The van der Waals surface area contributed by atoms with Crippen LogP contribution >= 0.6 is 11.8 Å². The molecule has 1 saturated heterocycles. The highest BCUT2D eigenvalue weighted by Crippen LogP contribution is 2.19. The Hall–Kier alpha value is -2.80. The largest absolute Gasteiger partial charge is 0.426 e. The SMILES string of the molecule is O=C(CCN1CCSC1=O)Oc1ccc(NC(=O)c2ccccc2)cc1. The number of benzene rings is 2. The van der Waals surface area contributed by atoms with Crippen LogP contribution in [-0.2, 0) is 4.79 Å². The van der Waals surface area contributed by atoms with Crippen LogP contribution in [0.2, 0.25) is 0 Å². The minimum Gasteiger partial charge on any atom is -0.426 e. The Balaban J connectivity index is 1.48. The van der Waals surface area contributed by atoms with Gasteiger partial charge in [0.2, 0.25) is 0 Å². The van der Waals surface area contributed by atoms with Crippen molar-refractivity contribution < 1.29 is 19.1 Å². The summed E-state index contributed by atoms with van der Waals surface area (Å²) in [5, 5.41) is 2.79. The fourth-order valence-corrected chi connectivity index (χ4v) is 3.29. The highest BCUT2D eigenvalue weighted by molar-refractivity contribution is 8.13. The molecule has 0 saturated carbocycles. The summed E-state index contributed by atoms with van der Waals surface area (Å²) in [6.07, 6.45) is 0.152. The molecule has 0 aromatic heterocycles. The van der Waals surface area contributed by atoms with Gasteiger partial charge >= 0.3 is 5.97 Å². The Morgan fingerprint density at radius 2 is 1.81 bits per heavy atom. The van der Waals surface area contributed by atoms with E-state index >= 15 is 0 Å². The zero-order chi connectivity index (χ0) is 18.4. The molecule has 7 heteroatoms. The Labute approximate surface area is 155 Å². The molecule has 26 heavy (non-hydrogen) atoms. The summed E-state index contributed by atoms with van der Waals surface area (Å²) >= 11 is 1.27. The van der Waals surface area contributed by atoms with E-state index in [0.29, 0.717) is 30.1 Å². The molecule has 0 radical (unpaired) electrons. The number of rotatable bonds is 6. The molecule has 0 bridgehead atoms. The minimum atomic E-state index is -0.393. The number of esters is 1. The van der Waals surface area contributed by atoms with Gasteiger partial charge in [0.25, 0.3) is 11.1 Å². The van der Waals surface area contributed by atoms with Gasteiger partial charge in [0.1, 0.15) is 5.75 Å². The van der Waals surface area contributed by atoms with Gasteiger partial charge in [0.05, 0.1) is 6.42 Å². The lowest BCUT2D eigenvalue weighted by molar-refractivity contribution is -0.134. The molecule has 2 amide bonds. The second-order valence-corrected chi connectivity index (χ2v) is 6.72. The number of hydrogen-bond acceptors (Lipinski definition) is 5. The molecule has 6 nitrogen and oxygen atoms in total. The lowest BCUT2D eigenvalue weighted by atomic mass is 10.2. The maximum absolute atomic E-state index is 12.1. The number of anilines is 1. The molecule has 1 heterocycles. The first-order chi connectivity index (χ1) is 12.6. The van der Waals surface area contributed by atoms with Gasteiger partial charge in [-0.1, -0.05) is 30.0 Å². The third-order valence-corrected chi connectivity index (χ3v) is 4.70. The molecule has 0 unspecified atom stereocenters. The van der Waals surface area contributed by atoms with Crippen molar-refractivity contribution in [3.8, 4) is 5.75 Å². The number of nitrogens with zero attached hydrogens (tertiary/aromatic N) is 1. The molecular formula is C19H18N2O4S. The van der Waals surface area contributed by atoms with Gasteiger partial charge in [0, 0.05) is 30.1 Å². The number of amides is 2. The van der Waals surface area contributed by atoms with Crippen molar-refractivity contribution in [2.75, 3.05) is 24.2 Å². The Morgan fingerprint density at radius 1 is 1.08 bits per heavy atom. The van der Waals surface area contributed by atoms with Crippen LogP contribution in [0.5, 0.6) is 5.75 Å². The standard InChI is InChI=1S/C19H18N2O4S/c22-17(10-11-21-12-13-26-19(21)24)25-16-8-6-15(7-9-16)20-18(23)14-4-2-1-3-5-14/h1-9H,10-13H2,(H,20,23). The van der Waals surface area contributed by atoms with Crippen LogP contribution in [0.4, 0.5) is 10.5 Å². The van der Waals surface area contributed by atoms with E-state index in [-0.39, 0.29) is 17.6 Å². The van der Waals surface area contributed by atoms with E-state index in [2.05, 4.69) is 5.32 Å². The van der Waals surface area contributed by atoms with Crippen molar-refractivity contribution in [3.63, 3.8) is 0 Å². The molecule has 0 aliphatic carbocycles. The second kappa shape index (κ2) is 8.53. The van der Waals surface area contributed by atoms with Gasteiger partial charge in [-0.15, -0.1) is 0 Å². The van der Waals surface area contributed by atoms with E-state index in [1.165, 1.54) is 11.8 Å². The minimum absolute atomic E-state index is 0.0105. The summed E-state index contributed by atoms with van der Waals surface area (Å²) in [5.41, 5.74) is 1.18. The van der Waals surface area contributed by atoms with Crippen LogP contribution in [-0.4, -0.2) is 40.9 Å². The summed E-state index contributed by atoms with van der Waals surface area (Å²) in [5.74, 6) is 0.568. The summed E-state index contributed by atoms with van der Waals surface area (Å²) < 4.78 is 5.26. The first kappa shape index (κ1) is 18.0. The highest BCUT2D eigenvalue weighted by Gasteiger charge is 2.21. The lowest BCUT2D eigenvalue weighted by Crippen LogP contribution is -2.27. The maximum atomic E-state index is 12.1. The van der Waals surface area contributed by atoms with Crippen LogP contribution in [0.15, 0.2) is 54.6 Å². The van der Waals surface area contributed by atoms with Crippen LogP contribution in [0, 0.1) is 0 Å². The van der Waals surface area contributed by atoms with E-state index < -0.39 is 5.97 Å². The molecular weight excluding hydrogens is 352 g/mol. The van der Waals surface area contributed by atoms with Gasteiger partial charge in [-0.2, -0.15) is 0 Å². The predicted octanol–water partition coefficient (Wildman–Crippen LogP) is 3.40. The maximum Gasteiger partial charge on any atom is 0.312 e. The van der Waals surface area contributed by atoms with Gasteiger partial charge in [-0.05, 0) is 36.4 Å². The zero-order valence-corrected chi connectivity index (χ0v) is 14.8. The Kier molecular flexibility index (Phi) is 5.91. The lowest BCUT2D eigenvalue weighted by Gasteiger charge is -2.13. The van der Waals surface area contributed by atoms with Crippen LogP contribution in [0.3, 0.4) is 0 Å². The predicted molar refractivity (Wildman–Crippen MR) is 101 cm³/mol. The van der Waals surface area contributed by atoms with Gasteiger partial charge in [0.15, 0.2) is 0 Å². The smallest absolute Gasteiger partial charge is 0.312 e. The molecule has 1 fully saturated rings. The molecule has 2 aromatic carbocycles. The average molecular weight is 370 g/mol. The molecule has 2 aromatic rings. The van der Waals surface area contributed by atoms with E-state index in [1.54, 1.807) is 53.4 Å². The second-order valence-electron chi connectivity index (χ2n) is 5.67. The first-order valence-corrected chi connectivity index (χ1v) is 9.19. The summed E-state index contributed by atoms with van der Waals surface area (Å²) in [7, 11) is 0. The van der Waals surface area contributed by atoms with E-state index in [4.69, 9.17) is 4.74 Å².